The molecule has 2 heterocycles. The number of hydrogen-bond acceptors (Lipinski definition) is 5. The minimum Gasteiger partial charge on any atom is -0.359 e. The lowest BCUT2D eigenvalue weighted by Crippen LogP contribution is -2.48. The van der Waals surface area contributed by atoms with E-state index in [2.05, 4.69) is 35.8 Å². The van der Waals surface area contributed by atoms with Crippen molar-refractivity contribution in [3.63, 3.8) is 0 Å². The number of thioether (sulfide) groups is 1. The van der Waals surface area contributed by atoms with Gasteiger partial charge in [-0.15, -0.1) is 11.3 Å². The van der Waals surface area contributed by atoms with Gasteiger partial charge in [-0.25, -0.2) is 4.98 Å². The Balaban J connectivity index is 1.84. The number of thiazole rings is 1. The van der Waals surface area contributed by atoms with Gasteiger partial charge in [0.05, 0.1) is 11.1 Å². The van der Waals surface area contributed by atoms with Crippen molar-refractivity contribution in [2.45, 2.75) is 39.7 Å². The molecule has 21 heavy (non-hydrogen) atoms. The van der Waals surface area contributed by atoms with Crippen LogP contribution >= 0.6 is 23.1 Å². The highest BCUT2D eigenvalue weighted by Gasteiger charge is 2.33. The summed E-state index contributed by atoms with van der Waals surface area (Å²) in [5, 5.41) is 6.55. The molecule has 1 fully saturated rings. The molecule has 0 aromatic carbocycles. The van der Waals surface area contributed by atoms with Gasteiger partial charge in [0, 0.05) is 30.3 Å². The Morgan fingerprint density at radius 2 is 2.19 bits per heavy atom. The molecule has 0 atom stereocenters. The minimum absolute atomic E-state index is 0.258. The Bertz CT molecular complexity index is 479. The molecular formula is C15H25N3OS2. The van der Waals surface area contributed by atoms with Crippen LogP contribution in [-0.4, -0.2) is 46.9 Å². The maximum atomic E-state index is 12.6. The first-order valence-electron chi connectivity index (χ1n) is 7.39. The lowest BCUT2D eigenvalue weighted by Gasteiger charge is -2.37. The number of likely N-dealkylation sites (tertiary alicyclic amines) is 1. The molecule has 0 aliphatic carbocycles. The van der Waals surface area contributed by atoms with Crippen molar-refractivity contribution in [3.05, 3.63) is 11.1 Å². The van der Waals surface area contributed by atoms with Gasteiger partial charge in [0.1, 0.15) is 0 Å². The zero-order valence-electron chi connectivity index (χ0n) is 13.3. The van der Waals surface area contributed by atoms with Gasteiger partial charge in [0.2, 0.25) is 5.91 Å². The Morgan fingerprint density at radius 3 is 2.71 bits per heavy atom. The third kappa shape index (κ3) is 4.36. The van der Waals surface area contributed by atoms with Crippen LogP contribution in [0.2, 0.25) is 0 Å². The SMILES string of the molecule is CSCC(C)(C)C(=O)N1CCC(Nc2nc(C)cs2)CC1. The number of piperidine rings is 1. The first-order valence-corrected chi connectivity index (χ1v) is 9.67. The van der Waals surface area contributed by atoms with E-state index in [1.807, 2.05) is 11.8 Å². The van der Waals surface area contributed by atoms with Gasteiger partial charge >= 0.3 is 0 Å². The second kappa shape index (κ2) is 7.01. The maximum absolute atomic E-state index is 12.6. The number of carbonyl (C=O) groups is 1. The van der Waals surface area contributed by atoms with E-state index in [1.54, 1.807) is 23.1 Å². The van der Waals surface area contributed by atoms with Gasteiger partial charge in [-0.1, -0.05) is 13.8 Å². The zero-order chi connectivity index (χ0) is 15.5. The number of rotatable bonds is 5. The van der Waals surface area contributed by atoms with Crippen LogP contribution in [0.3, 0.4) is 0 Å². The number of aromatic nitrogens is 1. The molecule has 0 bridgehead atoms. The summed E-state index contributed by atoms with van der Waals surface area (Å²) >= 11 is 3.39. The highest BCUT2D eigenvalue weighted by molar-refractivity contribution is 7.98. The fraction of sp³-hybridized carbons (Fsp3) is 0.733. The lowest BCUT2D eigenvalue weighted by atomic mass is 9.92. The molecule has 1 aliphatic rings. The van der Waals surface area contributed by atoms with Crippen LogP contribution in [0.1, 0.15) is 32.4 Å². The van der Waals surface area contributed by atoms with Crippen molar-refractivity contribution in [2.75, 3.05) is 30.4 Å². The summed E-state index contributed by atoms with van der Waals surface area (Å²) in [4.78, 5) is 19.0. The molecule has 0 unspecified atom stereocenters. The summed E-state index contributed by atoms with van der Waals surface area (Å²) in [6.45, 7) is 7.80. The first kappa shape index (κ1) is 16.6. The third-order valence-electron chi connectivity index (χ3n) is 3.81. The first-order chi connectivity index (χ1) is 9.92. The fourth-order valence-corrected chi connectivity index (χ4v) is 4.28. The molecule has 4 nitrogen and oxygen atoms in total. The largest absolute Gasteiger partial charge is 0.359 e. The van der Waals surface area contributed by atoms with Crippen LogP contribution in [-0.2, 0) is 4.79 Å². The molecule has 0 spiro atoms. The number of carbonyl (C=O) groups excluding carboxylic acids is 1. The van der Waals surface area contributed by atoms with E-state index in [4.69, 9.17) is 0 Å². The van der Waals surface area contributed by atoms with Crippen molar-refractivity contribution in [1.82, 2.24) is 9.88 Å². The standard InChI is InChI=1S/C15H25N3OS2/c1-11-9-21-14(16-11)17-12-5-7-18(8-6-12)13(19)15(2,3)10-20-4/h9,12H,5-8,10H2,1-4H3,(H,16,17). The summed E-state index contributed by atoms with van der Waals surface area (Å²) in [5.74, 6) is 1.17. The van der Waals surface area contributed by atoms with Crippen molar-refractivity contribution in [3.8, 4) is 0 Å². The molecule has 0 saturated carbocycles. The van der Waals surface area contributed by atoms with Gasteiger partial charge in [-0.05, 0) is 26.0 Å². The van der Waals surface area contributed by atoms with Crippen LogP contribution in [0.25, 0.3) is 0 Å². The summed E-state index contributed by atoms with van der Waals surface area (Å²) < 4.78 is 0. The number of nitrogens with one attached hydrogen (secondary N) is 1. The van der Waals surface area contributed by atoms with Crippen molar-refractivity contribution < 1.29 is 4.79 Å². The third-order valence-corrected chi connectivity index (χ3v) is 5.71. The number of hydrogen-bond donors (Lipinski definition) is 1. The summed E-state index contributed by atoms with van der Waals surface area (Å²) in [6, 6.07) is 0.434. The van der Waals surface area contributed by atoms with Crippen LogP contribution in [0.4, 0.5) is 5.13 Å². The van der Waals surface area contributed by atoms with Gasteiger partial charge in [0.15, 0.2) is 5.13 Å². The molecule has 1 aromatic heterocycles. The Kier molecular flexibility index (Phi) is 5.54. The summed E-state index contributed by atoms with van der Waals surface area (Å²) in [7, 11) is 0. The molecule has 2 rings (SSSR count). The van der Waals surface area contributed by atoms with E-state index in [1.165, 1.54) is 0 Å². The van der Waals surface area contributed by atoms with E-state index >= 15 is 0 Å². The normalized spacial score (nSPS) is 17.0. The van der Waals surface area contributed by atoms with Gasteiger partial charge < -0.3 is 10.2 Å². The van der Waals surface area contributed by atoms with E-state index in [9.17, 15) is 4.79 Å². The predicted molar refractivity (Wildman–Crippen MR) is 92.2 cm³/mol. The highest BCUT2D eigenvalue weighted by Crippen LogP contribution is 2.26. The molecule has 1 amide bonds. The molecular weight excluding hydrogens is 302 g/mol. The topological polar surface area (TPSA) is 45.2 Å². The highest BCUT2D eigenvalue weighted by atomic mass is 32.2. The van der Waals surface area contributed by atoms with E-state index in [0.29, 0.717) is 11.9 Å². The van der Waals surface area contributed by atoms with Crippen molar-refractivity contribution >= 4 is 34.1 Å². The lowest BCUT2D eigenvalue weighted by molar-refractivity contribution is -0.140. The zero-order valence-corrected chi connectivity index (χ0v) is 14.9. The molecule has 0 radical (unpaired) electrons. The quantitative estimate of drug-likeness (QED) is 0.902. The van der Waals surface area contributed by atoms with Gasteiger partial charge in [-0.3, -0.25) is 4.79 Å². The molecule has 1 N–H and O–H groups in total. The van der Waals surface area contributed by atoms with Gasteiger partial charge in [0.25, 0.3) is 0 Å². The predicted octanol–water partition coefficient (Wildman–Crippen LogP) is 3.24. The molecule has 6 heteroatoms. The van der Waals surface area contributed by atoms with Crippen LogP contribution in [0.15, 0.2) is 5.38 Å². The van der Waals surface area contributed by atoms with Crippen molar-refractivity contribution in [2.24, 2.45) is 5.41 Å². The van der Waals surface area contributed by atoms with E-state index in [0.717, 1.165) is 42.5 Å². The molecule has 118 valence electrons. The van der Waals surface area contributed by atoms with E-state index < -0.39 is 0 Å². The second-order valence-corrected chi connectivity index (χ2v) is 8.05. The monoisotopic (exact) mass is 327 g/mol. The molecule has 1 aromatic rings. The van der Waals surface area contributed by atoms with E-state index in [-0.39, 0.29) is 5.41 Å². The summed E-state index contributed by atoms with van der Waals surface area (Å²) in [6.07, 6.45) is 4.06. The van der Waals surface area contributed by atoms with Crippen LogP contribution < -0.4 is 5.32 Å². The molecule has 1 saturated heterocycles. The Labute approximate surface area is 135 Å². The molecule has 1 aliphatic heterocycles. The Hall–Kier alpha value is -0.750. The number of anilines is 1. The smallest absolute Gasteiger partial charge is 0.229 e. The Morgan fingerprint density at radius 1 is 1.52 bits per heavy atom. The fourth-order valence-electron chi connectivity index (χ4n) is 2.67. The van der Waals surface area contributed by atoms with Crippen LogP contribution in [0.5, 0.6) is 0 Å². The van der Waals surface area contributed by atoms with Crippen molar-refractivity contribution in [1.29, 1.82) is 0 Å². The average molecular weight is 328 g/mol. The number of amides is 1. The summed E-state index contributed by atoms with van der Waals surface area (Å²) in [5.41, 5.74) is 0.806. The average Bonchev–Trinajstić information content (AvgIpc) is 2.84. The number of aryl methyl sites for hydroxylation is 1. The maximum Gasteiger partial charge on any atom is 0.229 e. The number of nitrogens with zero attached hydrogens (tertiary/aromatic N) is 2. The van der Waals surface area contributed by atoms with Gasteiger partial charge in [-0.2, -0.15) is 11.8 Å². The van der Waals surface area contributed by atoms with Crippen LogP contribution in [0, 0.1) is 12.3 Å². The second-order valence-electron chi connectivity index (χ2n) is 6.32. The minimum atomic E-state index is -0.258.